The van der Waals surface area contributed by atoms with E-state index in [1.807, 2.05) is 0 Å². The number of aromatic hydroxyl groups is 1. The number of methoxy groups -OCH3 is 1. The van der Waals surface area contributed by atoms with Gasteiger partial charge in [-0.1, -0.05) is 11.6 Å². The zero-order valence-corrected chi connectivity index (χ0v) is 13.6. The van der Waals surface area contributed by atoms with Crippen molar-refractivity contribution in [2.45, 2.75) is 4.90 Å². The third kappa shape index (κ3) is 3.65. The lowest BCUT2D eigenvalue weighted by Gasteiger charge is -2.06. The summed E-state index contributed by atoms with van der Waals surface area (Å²) in [5.41, 5.74) is 0.165. The number of nitriles is 1. The second-order valence-electron chi connectivity index (χ2n) is 4.50. The molecule has 0 unspecified atom stereocenters. The Morgan fingerprint density at radius 1 is 1.26 bits per heavy atom. The maximum Gasteiger partial charge on any atom is 0.216 e. The lowest BCUT2D eigenvalue weighted by atomic mass is 10.2. The fourth-order valence-corrected chi connectivity index (χ4v) is 3.10. The maximum atomic E-state index is 12.5. The smallest absolute Gasteiger partial charge is 0.216 e. The Kier molecular flexibility index (Phi) is 4.94. The van der Waals surface area contributed by atoms with Crippen LogP contribution in [0.4, 0.5) is 0 Å². The van der Waals surface area contributed by atoms with Crippen LogP contribution in [-0.4, -0.2) is 20.6 Å². The van der Waals surface area contributed by atoms with Gasteiger partial charge >= 0.3 is 0 Å². The number of hydrogen-bond donors (Lipinski definition) is 1. The summed E-state index contributed by atoms with van der Waals surface area (Å²) in [6.45, 7) is 0. The summed E-state index contributed by atoms with van der Waals surface area (Å²) in [4.78, 5) is -0.555. The molecule has 23 heavy (non-hydrogen) atoms. The largest absolute Gasteiger partial charge is 0.507 e. The van der Waals surface area contributed by atoms with Crippen LogP contribution in [0.5, 0.6) is 11.5 Å². The van der Waals surface area contributed by atoms with Gasteiger partial charge in [0.2, 0.25) is 9.84 Å². The predicted octanol–water partition coefficient (Wildman–Crippen LogP) is 3.39. The van der Waals surface area contributed by atoms with Crippen LogP contribution in [0.25, 0.3) is 6.08 Å². The molecule has 0 saturated heterocycles. The van der Waals surface area contributed by atoms with Gasteiger partial charge in [-0.05, 0) is 48.5 Å². The normalized spacial score (nSPS) is 11.8. The van der Waals surface area contributed by atoms with Crippen molar-refractivity contribution in [3.8, 4) is 17.6 Å². The summed E-state index contributed by atoms with van der Waals surface area (Å²) < 4.78 is 30.0. The van der Waals surface area contributed by atoms with Gasteiger partial charge in [0, 0.05) is 10.6 Å². The molecule has 2 aromatic rings. The van der Waals surface area contributed by atoms with E-state index in [4.69, 9.17) is 16.3 Å². The van der Waals surface area contributed by atoms with Crippen LogP contribution < -0.4 is 4.74 Å². The van der Waals surface area contributed by atoms with E-state index in [0.29, 0.717) is 10.8 Å². The first-order valence-electron chi connectivity index (χ1n) is 6.38. The lowest BCUT2D eigenvalue weighted by Crippen LogP contribution is -2.03. The first kappa shape index (κ1) is 16.9. The van der Waals surface area contributed by atoms with E-state index in [9.17, 15) is 18.8 Å². The van der Waals surface area contributed by atoms with Crippen molar-refractivity contribution in [1.29, 1.82) is 5.26 Å². The third-order valence-electron chi connectivity index (χ3n) is 3.04. The van der Waals surface area contributed by atoms with E-state index in [0.717, 1.165) is 6.08 Å². The number of nitrogens with zero attached hydrogens (tertiary/aromatic N) is 1. The average Bonchev–Trinajstić information content (AvgIpc) is 2.54. The number of allylic oxidation sites excluding steroid dienone is 1. The number of sulfone groups is 1. The molecular weight excluding hydrogens is 338 g/mol. The zero-order chi connectivity index (χ0) is 17.0. The Balaban J connectivity index is 2.55. The molecule has 2 rings (SSSR count). The minimum absolute atomic E-state index is 0.0583. The average molecular weight is 350 g/mol. The molecule has 0 aliphatic heterocycles. The van der Waals surface area contributed by atoms with Crippen molar-refractivity contribution in [1.82, 2.24) is 0 Å². The van der Waals surface area contributed by atoms with Gasteiger partial charge < -0.3 is 9.84 Å². The summed E-state index contributed by atoms with van der Waals surface area (Å²) in [6.07, 6.45) is 1.10. The topological polar surface area (TPSA) is 87.4 Å². The molecule has 0 aliphatic carbocycles. The molecule has 7 heteroatoms. The highest BCUT2D eigenvalue weighted by Gasteiger charge is 2.21. The van der Waals surface area contributed by atoms with Crippen molar-refractivity contribution >= 4 is 27.5 Å². The molecule has 0 bridgehead atoms. The number of benzene rings is 2. The lowest BCUT2D eigenvalue weighted by molar-refractivity contribution is 0.412. The second kappa shape index (κ2) is 6.73. The van der Waals surface area contributed by atoms with Gasteiger partial charge in [-0.3, -0.25) is 0 Å². The van der Waals surface area contributed by atoms with Gasteiger partial charge in [-0.2, -0.15) is 5.26 Å². The molecule has 0 amide bonds. The molecule has 2 aromatic carbocycles. The van der Waals surface area contributed by atoms with Crippen LogP contribution in [-0.2, 0) is 9.84 Å². The van der Waals surface area contributed by atoms with E-state index < -0.39 is 14.7 Å². The maximum absolute atomic E-state index is 12.5. The summed E-state index contributed by atoms with van der Waals surface area (Å²) in [5.74, 6) is 0.264. The first-order valence-corrected chi connectivity index (χ1v) is 8.24. The molecule has 5 nitrogen and oxygen atoms in total. The molecule has 0 saturated carbocycles. The number of hydrogen-bond acceptors (Lipinski definition) is 5. The molecule has 118 valence electrons. The van der Waals surface area contributed by atoms with Crippen molar-refractivity contribution in [2.24, 2.45) is 0 Å². The number of phenolic OH excluding ortho intramolecular Hbond substituents is 1. The number of halogens is 1. The minimum Gasteiger partial charge on any atom is -0.507 e. The Morgan fingerprint density at radius 2 is 1.91 bits per heavy atom. The quantitative estimate of drug-likeness (QED) is 0.855. The molecule has 0 radical (unpaired) electrons. The highest BCUT2D eigenvalue weighted by molar-refractivity contribution is 7.95. The Morgan fingerprint density at radius 3 is 2.48 bits per heavy atom. The molecule has 0 atom stereocenters. The van der Waals surface area contributed by atoms with Gasteiger partial charge in [0.25, 0.3) is 0 Å². The van der Waals surface area contributed by atoms with E-state index in [-0.39, 0.29) is 16.2 Å². The molecule has 0 heterocycles. The SMILES string of the molecule is COc1ccc(O)c(C=C(C#N)S(=O)(=O)c2ccc(Cl)cc2)c1. The van der Waals surface area contributed by atoms with Crippen LogP contribution in [0.15, 0.2) is 52.3 Å². The number of ether oxygens (including phenoxy) is 1. The van der Waals surface area contributed by atoms with Gasteiger partial charge in [0.05, 0.1) is 12.0 Å². The highest BCUT2D eigenvalue weighted by Crippen LogP contribution is 2.28. The summed E-state index contributed by atoms with van der Waals surface area (Å²) in [5, 5.41) is 19.4. The van der Waals surface area contributed by atoms with Crippen molar-refractivity contribution < 1.29 is 18.3 Å². The first-order chi connectivity index (χ1) is 10.9. The van der Waals surface area contributed by atoms with Crippen molar-refractivity contribution in [3.05, 3.63) is 58.0 Å². The number of phenols is 1. The zero-order valence-electron chi connectivity index (χ0n) is 12.0. The Hall–Kier alpha value is -2.49. The molecular formula is C16H12ClNO4S. The molecule has 0 aliphatic rings. The Bertz CT molecular complexity index is 897. The van der Waals surface area contributed by atoms with Crippen molar-refractivity contribution in [2.75, 3.05) is 7.11 Å². The van der Waals surface area contributed by atoms with E-state index >= 15 is 0 Å². The summed E-state index contributed by atoms with van der Waals surface area (Å²) in [7, 11) is -2.57. The highest BCUT2D eigenvalue weighted by atomic mass is 35.5. The van der Waals surface area contributed by atoms with E-state index in [2.05, 4.69) is 0 Å². The summed E-state index contributed by atoms with van der Waals surface area (Å²) >= 11 is 5.74. The van der Waals surface area contributed by atoms with Crippen LogP contribution in [0.1, 0.15) is 5.56 Å². The second-order valence-corrected chi connectivity index (χ2v) is 6.86. The van der Waals surface area contributed by atoms with Crippen LogP contribution >= 0.6 is 11.6 Å². The van der Waals surface area contributed by atoms with E-state index in [1.165, 1.54) is 49.6 Å². The molecule has 1 N–H and O–H groups in total. The number of rotatable bonds is 4. The minimum atomic E-state index is -4.01. The molecule has 0 aromatic heterocycles. The van der Waals surface area contributed by atoms with Crippen LogP contribution in [0.2, 0.25) is 5.02 Å². The fraction of sp³-hybridized carbons (Fsp3) is 0.0625. The third-order valence-corrected chi connectivity index (χ3v) is 4.98. The Labute approximate surface area is 138 Å². The van der Waals surface area contributed by atoms with Gasteiger partial charge in [0.15, 0.2) is 0 Å². The van der Waals surface area contributed by atoms with Crippen LogP contribution in [0, 0.1) is 11.3 Å². The van der Waals surface area contributed by atoms with Crippen molar-refractivity contribution in [3.63, 3.8) is 0 Å². The van der Waals surface area contributed by atoms with Gasteiger partial charge in [0.1, 0.15) is 22.5 Å². The van der Waals surface area contributed by atoms with Gasteiger partial charge in [-0.15, -0.1) is 0 Å². The van der Waals surface area contributed by atoms with Crippen LogP contribution in [0.3, 0.4) is 0 Å². The summed E-state index contributed by atoms with van der Waals surface area (Å²) in [6, 6.07) is 11.4. The molecule has 0 spiro atoms. The fourth-order valence-electron chi connectivity index (χ4n) is 1.83. The van der Waals surface area contributed by atoms with E-state index in [1.54, 1.807) is 6.07 Å². The molecule has 0 fully saturated rings. The standard InChI is InChI=1S/C16H12ClNO4S/c1-22-13-4-7-16(19)11(8-13)9-15(10-18)23(20,21)14-5-2-12(17)3-6-14/h2-9,19H,1H3. The monoisotopic (exact) mass is 349 g/mol. The predicted molar refractivity (Wildman–Crippen MR) is 86.9 cm³/mol. The van der Waals surface area contributed by atoms with Gasteiger partial charge in [-0.25, -0.2) is 8.42 Å².